The Kier molecular flexibility index (Phi) is 10.3. The van der Waals surface area contributed by atoms with Crippen molar-refractivity contribution in [2.75, 3.05) is 10.4 Å². The first-order chi connectivity index (χ1) is 23.3. The molecule has 3 aromatic rings. The van der Waals surface area contributed by atoms with Gasteiger partial charge >= 0.3 is 30.6 Å². The Balaban J connectivity index is 1.78. The smallest absolute Gasteiger partial charge is 0.433 e. The van der Waals surface area contributed by atoms with E-state index in [4.69, 9.17) is 4.84 Å². The summed E-state index contributed by atoms with van der Waals surface area (Å²) in [7, 11) is 0. The van der Waals surface area contributed by atoms with Gasteiger partial charge in [-0.3, -0.25) is 9.59 Å². The summed E-state index contributed by atoms with van der Waals surface area (Å²) in [5, 5.41) is 1.99. The Bertz CT molecular complexity index is 1830. The average Bonchev–Trinajstić information content (AvgIpc) is 3.42. The minimum Gasteiger partial charge on any atom is -0.433 e. The molecule has 0 unspecified atom stereocenters. The van der Waals surface area contributed by atoms with Crippen molar-refractivity contribution in [2.24, 2.45) is 16.7 Å². The summed E-state index contributed by atoms with van der Waals surface area (Å²) in [6.07, 6.45) is -13.3. The predicted octanol–water partition coefficient (Wildman–Crippen LogP) is 9.66. The number of carbonyl (C=O) groups excluding carboxylic acids is 3. The highest BCUT2D eigenvalue weighted by Crippen LogP contribution is 2.68. The number of ether oxygens (including phenoxy) is 1. The highest BCUT2D eigenvalue weighted by molar-refractivity contribution is 9.10. The number of amides is 2. The van der Waals surface area contributed by atoms with Crippen molar-refractivity contribution in [3.63, 3.8) is 0 Å². The van der Waals surface area contributed by atoms with Crippen LogP contribution in [0.25, 0.3) is 0 Å². The fourth-order valence-electron chi connectivity index (χ4n) is 5.45. The van der Waals surface area contributed by atoms with Crippen LogP contribution in [0.4, 0.5) is 59.7 Å². The van der Waals surface area contributed by atoms with E-state index in [2.05, 4.69) is 20.7 Å². The summed E-state index contributed by atoms with van der Waals surface area (Å²) in [5.41, 5.74) is -12.9. The Morgan fingerprint density at radius 1 is 0.863 bits per heavy atom. The molecule has 1 saturated carbocycles. The number of nitrogens with zero attached hydrogens (tertiary/aromatic N) is 1. The van der Waals surface area contributed by atoms with E-state index in [1.807, 2.05) is 0 Å². The van der Waals surface area contributed by atoms with E-state index in [9.17, 15) is 58.3 Å². The number of benzene rings is 3. The second-order valence-electron chi connectivity index (χ2n) is 12.3. The first-order valence-corrected chi connectivity index (χ1v) is 15.1. The van der Waals surface area contributed by atoms with Gasteiger partial charge in [-0.15, -0.1) is 5.06 Å². The van der Waals surface area contributed by atoms with E-state index < -0.39 is 104 Å². The number of anilines is 2. The van der Waals surface area contributed by atoms with Crippen LogP contribution in [0, 0.1) is 28.4 Å². The molecule has 1 fully saturated rings. The second-order valence-corrected chi connectivity index (χ2v) is 13.2. The van der Waals surface area contributed by atoms with Crippen molar-refractivity contribution in [2.45, 2.75) is 52.3 Å². The molecule has 0 spiro atoms. The van der Waals surface area contributed by atoms with Crippen LogP contribution in [-0.4, -0.2) is 36.7 Å². The van der Waals surface area contributed by atoms with Crippen LogP contribution in [0.15, 0.2) is 59.1 Å². The lowest BCUT2D eigenvalue weighted by molar-refractivity contribution is -0.348. The summed E-state index contributed by atoms with van der Waals surface area (Å²) in [6.45, 7) is 2.98. The minimum absolute atomic E-state index is 0.106. The molecule has 3 aromatic carbocycles. The normalized spacial score (nSPS) is 15.7. The highest BCUT2D eigenvalue weighted by Gasteiger charge is 2.74. The molecule has 4 rings (SSSR count). The van der Waals surface area contributed by atoms with E-state index >= 15 is 4.39 Å². The number of alkyl halides is 9. The van der Waals surface area contributed by atoms with Crippen molar-refractivity contribution in [3.05, 3.63) is 87.4 Å². The molecule has 0 saturated heterocycles. The van der Waals surface area contributed by atoms with E-state index in [-0.39, 0.29) is 22.8 Å². The number of hydrogen-bond donors (Lipinski definition) is 1. The Morgan fingerprint density at radius 2 is 1.41 bits per heavy atom. The van der Waals surface area contributed by atoms with Gasteiger partial charge in [-0.25, -0.2) is 18.0 Å². The fraction of sp³-hybridized carbons (Fsp3) is 0.344. The van der Waals surface area contributed by atoms with Gasteiger partial charge in [-0.1, -0.05) is 33.8 Å². The molecule has 276 valence electrons. The molecule has 7 nitrogen and oxygen atoms in total. The topological polar surface area (TPSA) is 84.9 Å². The summed E-state index contributed by atoms with van der Waals surface area (Å²) in [6, 6.07) is 5.85. The van der Waals surface area contributed by atoms with Crippen LogP contribution in [0.1, 0.15) is 54.0 Å². The monoisotopic (exact) mass is 804 g/mol. The van der Waals surface area contributed by atoms with Gasteiger partial charge in [0.1, 0.15) is 11.5 Å². The lowest BCUT2D eigenvalue weighted by Gasteiger charge is -2.31. The van der Waals surface area contributed by atoms with Crippen LogP contribution in [0.5, 0.6) is 5.75 Å². The highest BCUT2D eigenvalue weighted by atomic mass is 79.9. The second kappa shape index (κ2) is 13.3. The number of rotatable bonds is 8. The molecule has 19 heteroatoms. The van der Waals surface area contributed by atoms with E-state index in [0.717, 1.165) is 42.5 Å². The van der Waals surface area contributed by atoms with E-state index in [1.54, 1.807) is 33.0 Å². The Morgan fingerprint density at radius 3 is 1.90 bits per heavy atom. The zero-order valence-corrected chi connectivity index (χ0v) is 28.0. The molecule has 2 amide bonds. The third-order valence-corrected chi connectivity index (χ3v) is 9.47. The van der Waals surface area contributed by atoms with Gasteiger partial charge in [0, 0.05) is 15.6 Å². The van der Waals surface area contributed by atoms with Crippen molar-refractivity contribution < 1.29 is 72.3 Å². The van der Waals surface area contributed by atoms with Crippen LogP contribution >= 0.6 is 15.9 Å². The summed E-state index contributed by atoms with van der Waals surface area (Å²) in [4.78, 5) is 45.4. The molecule has 0 bridgehead atoms. The van der Waals surface area contributed by atoms with E-state index in [1.165, 1.54) is 0 Å². The molecule has 1 N–H and O–H groups in total. The first kappa shape index (κ1) is 39.4. The van der Waals surface area contributed by atoms with Crippen LogP contribution in [-0.2, 0) is 15.3 Å². The molecule has 1 aliphatic carbocycles. The molecule has 51 heavy (non-hydrogen) atoms. The van der Waals surface area contributed by atoms with Gasteiger partial charge in [-0.2, -0.15) is 35.1 Å². The number of carbonyl (C=O) groups is 3. The molecule has 0 atom stereocenters. The average molecular weight is 805 g/mol. The first-order valence-electron chi connectivity index (χ1n) is 14.3. The summed E-state index contributed by atoms with van der Waals surface area (Å²) < 4.78 is 154. The van der Waals surface area contributed by atoms with Gasteiger partial charge in [0.15, 0.2) is 11.6 Å². The molecule has 0 heterocycles. The standard InChI is InChI=1S/C32H24BrF11N2O5/c1-28(2)23(29(28,3)4)26(49)51-46(25(48)14-8-10-16(34)11-9-14)19-7-5-6-17(21(19)35)24(47)45-22-18(33)12-15(13-20(22)50-27(36)37)30(38,31(39,40)41)32(42,43)44/h5-13,23,27H,1-4H3,(H,45,47). The fourth-order valence-corrected chi connectivity index (χ4v) is 5.99. The number of hydrogen-bond acceptors (Lipinski definition) is 5. The third-order valence-electron chi connectivity index (χ3n) is 8.84. The zero-order chi connectivity index (χ0) is 38.6. The summed E-state index contributed by atoms with van der Waals surface area (Å²) in [5.74, 6) is -8.58. The van der Waals surface area contributed by atoms with Gasteiger partial charge < -0.3 is 14.9 Å². The van der Waals surface area contributed by atoms with Gasteiger partial charge in [0.05, 0.1) is 17.2 Å². The summed E-state index contributed by atoms with van der Waals surface area (Å²) >= 11 is 2.51. The molecular formula is C32H24BrF11N2O5. The molecule has 0 aromatic heterocycles. The van der Waals surface area contributed by atoms with Crippen molar-refractivity contribution in [1.29, 1.82) is 0 Å². The van der Waals surface area contributed by atoms with Crippen molar-refractivity contribution in [1.82, 2.24) is 0 Å². The number of nitrogens with one attached hydrogen (secondary N) is 1. The lowest BCUT2D eigenvalue weighted by atomic mass is 9.93. The van der Waals surface area contributed by atoms with Gasteiger partial charge in [-0.05, 0) is 75.3 Å². The lowest BCUT2D eigenvalue weighted by Crippen LogP contribution is -2.50. The predicted molar refractivity (Wildman–Crippen MR) is 160 cm³/mol. The van der Waals surface area contributed by atoms with Gasteiger partial charge in [0.25, 0.3) is 11.8 Å². The Hall–Kier alpha value is -4.42. The third kappa shape index (κ3) is 7.08. The largest absolute Gasteiger partial charge is 0.435 e. The molecule has 0 aliphatic heterocycles. The van der Waals surface area contributed by atoms with Crippen molar-refractivity contribution >= 4 is 45.1 Å². The van der Waals surface area contributed by atoms with Gasteiger partial charge in [0.2, 0.25) is 0 Å². The maximum Gasteiger partial charge on any atom is 0.435 e. The maximum absolute atomic E-state index is 16.1. The molecular weight excluding hydrogens is 781 g/mol. The minimum atomic E-state index is -6.65. The molecule has 1 aliphatic rings. The quantitative estimate of drug-likeness (QED) is 0.181. The number of hydroxylamine groups is 1. The van der Waals surface area contributed by atoms with Crippen molar-refractivity contribution in [3.8, 4) is 5.75 Å². The maximum atomic E-state index is 16.1. The SMILES string of the molecule is CC1(C)C(C(=O)ON(C(=O)c2ccc(F)cc2)c2cccc(C(=O)Nc3c(Br)cc(C(F)(C(F)(F)F)C(F)(F)F)cc3OC(F)F)c2F)C1(C)C. The van der Waals surface area contributed by atoms with Crippen LogP contribution < -0.4 is 15.1 Å². The Labute approximate surface area is 289 Å². The van der Waals surface area contributed by atoms with Crippen LogP contribution in [0.3, 0.4) is 0 Å². The van der Waals surface area contributed by atoms with Crippen LogP contribution in [0.2, 0.25) is 0 Å². The molecule has 0 radical (unpaired) electrons. The van der Waals surface area contributed by atoms with E-state index in [0.29, 0.717) is 0 Å². The zero-order valence-electron chi connectivity index (χ0n) is 26.4. The number of halogens is 12.